The monoisotopic (exact) mass is 236 g/mol. The second-order valence-electron chi connectivity index (χ2n) is 4.16. The quantitative estimate of drug-likeness (QED) is 0.814. The van der Waals surface area contributed by atoms with Crippen LogP contribution in [0.25, 0.3) is 11.0 Å². The molecule has 3 rings (SSSR count). The van der Waals surface area contributed by atoms with Crippen LogP contribution in [0.1, 0.15) is 18.5 Å². The first-order chi connectivity index (χ1) is 7.83. The Balaban J connectivity index is 1.97. The molecule has 0 radical (unpaired) electrons. The van der Waals surface area contributed by atoms with Gasteiger partial charge in [-0.3, -0.25) is 4.90 Å². The van der Waals surface area contributed by atoms with E-state index in [2.05, 4.69) is 19.9 Å². The molecule has 0 bridgehead atoms. The van der Waals surface area contributed by atoms with Crippen LogP contribution in [0.4, 0.5) is 0 Å². The first-order valence-electron chi connectivity index (χ1n) is 5.55. The smallest absolute Gasteiger partial charge is 0.224 e. The molecule has 0 saturated carbocycles. The molecule has 0 aromatic carbocycles. The van der Waals surface area contributed by atoms with E-state index in [9.17, 15) is 0 Å². The highest BCUT2D eigenvalue weighted by atomic mass is 35.5. The Morgan fingerprint density at radius 2 is 2.12 bits per heavy atom. The first kappa shape index (κ1) is 10.1. The van der Waals surface area contributed by atoms with Gasteiger partial charge >= 0.3 is 0 Å². The molecule has 2 aromatic rings. The topological polar surface area (TPSA) is 44.8 Å². The minimum absolute atomic E-state index is 0.323. The number of H-pyrrole nitrogens is 1. The molecule has 5 heteroatoms. The zero-order chi connectivity index (χ0) is 11.0. The number of aromatic nitrogens is 3. The number of aromatic amines is 1. The van der Waals surface area contributed by atoms with Crippen LogP contribution >= 0.6 is 11.6 Å². The van der Waals surface area contributed by atoms with Gasteiger partial charge in [-0.15, -0.1) is 0 Å². The van der Waals surface area contributed by atoms with Gasteiger partial charge in [0.2, 0.25) is 5.28 Å². The maximum absolute atomic E-state index is 5.91. The van der Waals surface area contributed by atoms with Crippen molar-refractivity contribution in [2.45, 2.75) is 19.4 Å². The van der Waals surface area contributed by atoms with Crippen molar-refractivity contribution in [3.63, 3.8) is 0 Å². The van der Waals surface area contributed by atoms with Crippen molar-refractivity contribution < 1.29 is 0 Å². The first-order valence-corrected chi connectivity index (χ1v) is 5.92. The highest BCUT2D eigenvalue weighted by molar-refractivity contribution is 6.28. The fourth-order valence-electron chi connectivity index (χ4n) is 2.25. The third-order valence-electron chi connectivity index (χ3n) is 3.04. The lowest BCUT2D eigenvalue weighted by Crippen LogP contribution is -2.19. The molecule has 0 aliphatic carbocycles. The molecule has 0 atom stereocenters. The molecular formula is C11H13ClN4. The standard InChI is InChI=1S/C11H13ClN4/c12-11-14-9(7-16-5-1-2-6-16)8-3-4-13-10(8)15-11/h3-4H,1-2,5-7H2,(H,13,14,15). The molecule has 2 aromatic heterocycles. The van der Waals surface area contributed by atoms with Gasteiger partial charge in [-0.05, 0) is 43.6 Å². The van der Waals surface area contributed by atoms with Gasteiger partial charge in [0.1, 0.15) is 5.65 Å². The number of hydrogen-bond acceptors (Lipinski definition) is 3. The van der Waals surface area contributed by atoms with E-state index < -0.39 is 0 Å². The summed E-state index contributed by atoms with van der Waals surface area (Å²) in [5.41, 5.74) is 1.85. The normalized spacial score (nSPS) is 17.3. The Labute approximate surface area is 98.6 Å². The molecule has 1 saturated heterocycles. The summed E-state index contributed by atoms with van der Waals surface area (Å²) in [5, 5.41) is 1.40. The van der Waals surface area contributed by atoms with Crippen molar-refractivity contribution in [3.8, 4) is 0 Å². The molecule has 84 valence electrons. The summed E-state index contributed by atoms with van der Waals surface area (Å²) in [6.07, 6.45) is 4.45. The maximum atomic E-state index is 5.91. The predicted molar refractivity (Wildman–Crippen MR) is 63.4 cm³/mol. The number of hydrogen-bond donors (Lipinski definition) is 1. The number of halogens is 1. The summed E-state index contributed by atoms with van der Waals surface area (Å²) in [5.74, 6) is 0. The zero-order valence-corrected chi connectivity index (χ0v) is 9.67. The Kier molecular flexibility index (Phi) is 2.53. The molecule has 0 amide bonds. The molecular weight excluding hydrogens is 224 g/mol. The summed E-state index contributed by atoms with van der Waals surface area (Å²) < 4.78 is 0. The summed E-state index contributed by atoms with van der Waals surface area (Å²) in [7, 11) is 0. The molecule has 1 aliphatic rings. The molecule has 16 heavy (non-hydrogen) atoms. The van der Waals surface area contributed by atoms with E-state index in [-0.39, 0.29) is 0 Å². The average Bonchev–Trinajstić information content (AvgIpc) is 2.87. The van der Waals surface area contributed by atoms with Crippen LogP contribution in [-0.4, -0.2) is 32.9 Å². The predicted octanol–water partition coefficient (Wildman–Crippen LogP) is 2.21. The lowest BCUT2D eigenvalue weighted by atomic mass is 10.2. The largest absolute Gasteiger partial charge is 0.346 e. The highest BCUT2D eigenvalue weighted by Gasteiger charge is 2.15. The van der Waals surface area contributed by atoms with Crippen molar-refractivity contribution in [1.82, 2.24) is 19.9 Å². The van der Waals surface area contributed by atoms with Crippen LogP contribution in [-0.2, 0) is 6.54 Å². The minimum Gasteiger partial charge on any atom is -0.346 e. The third-order valence-corrected chi connectivity index (χ3v) is 3.21. The molecule has 0 unspecified atom stereocenters. The average molecular weight is 237 g/mol. The van der Waals surface area contributed by atoms with Gasteiger partial charge in [0.15, 0.2) is 0 Å². The van der Waals surface area contributed by atoms with Crippen LogP contribution in [0.15, 0.2) is 12.3 Å². The van der Waals surface area contributed by atoms with E-state index in [4.69, 9.17) is 11.6 Å². The van der Waals surface area contributed by atoms with Gasteiger partial charge in [0.05, 0.1) is 5.69 Å². The highest BCUT2D eigenvalue weighted by Crippen LogP contribution is 2.20. The Morgan fingerprint density at radius 1 is 1.31 bits per heavy atom. The molecule has 1 aliphatic heterocycles. The fraction of sp³-hybridized carbons (Fsp3) is 0.455. The number of nitrogens with one attached hydrogen (secondary N) is 1. The van der Waals surface area contributed by atoms with E-state index in [0.29, 0.717) is 5.28 Å². The zero-order valence-electron chi connectivity index (χ0n) is 8.91. The second kappa shape index (κ2) is 4.03. The molecule has 3 heterocycles. The van der Waals surface area contributed by atoms with Crippen molar-refractivity contribution in [2.24, 2.45) is 0 Å². The minimum atomic E-state index is 0.323. The Hall–Kier alpha value is -1.13. The van der Waals surface area contributed by atoms with E-state index >= 15 is 0 Å². The van der Waals surface area contributed by atoms with Gasteiger partial charge < -0.3 is 4.98 Å². The van der Waals surface area contributed by atoms with Gasteiger partial charge in [-0.2, -0.15) is 4.98 Å². The fourth-order valence-corrected chi connectivity index (χ4v) is 2.43. The lowest BCUT2D eigenvalue weighted by molar-refractivity contribution is 0.328. The van der Waals surface area contributed by atoms with Gasteiger partial charge in [-0.1, -0.05) is 0 Å². The number of rotatable bonds is 2. The molecule has 1 fully saturated rings. The molecule has 4 nitrogen and oxygen atoms in total. The van der Waals surface area contributed by atoms with Gasteiger partial charge in [0, 0.05) is 18.1 Å². The molecule has 1 N–H and O–H groups in total. The van der Waals surface area contributed by atoms with E-state index in [1.807, 2.05) is 12.3 Å². The number of likely N-dealkylation sites (tertiary alicyclic amines) is 1. The van der Waals surface area contributed by atoms with Crippen LogP contribution in [0.5, 0.6) is 0 Å². The van der Waals surface area contributed by atoms with Crippen LogP contribution < -0.4 is 0 Å². The summed E-state index contributed by atoms with van der Waals surface area (Å²) in [6, 6.07) is 2.01. The van der Waals surface area contributed by atoms with Gasteiger partial charge in [0.25, 0.3) is 0 Å². The summed E-state index contributed by atoms with van der Waals surface area (Å²) in [6.45, 7) is 3.19. The Morgan fingerprint density at radius 3 is 2.94 bits per heavy atom. The molecule has 0 spiro atoms. The van der Waals surface area contributed by atoms with Crippen LogP contribution in [0.2, 0.25) is 5.28 Å². The van der Waals surface area contributed by atoms with Crippen molar-refractivity contribution in [3.05, 3.63) is 23.2 Å². The summed E-state index contributed by atoms with van der Waals surface area (Å²) >= 11 is 5.91. The van der Waals surface area contributed by atoms with Crippen molar-refractivity contribution in [1.29, 1.82) is 0 Å². The third kappa shape index (κ3) is 1.79. The van der Waals surface area contributed by atoms with Gasteiger partial charge in [-0.25, -0.2) is 4.98 Å². The van der Waals surface area contributed by atoms with Crippen LogP contribution in [0.3, 0.4) is 0 Å². The number of nitrogens with zero attached hydrogens (tertiary/aromatic N) is 3. The van der Waals surface area contributed by atoms with E-state index in [1.165, 1.54) is 12.8 Å². The summed E-state index contributed by atoms with van der Waals surface area (Å²) in [4.78, 5) is 14.0. The van der Waals surface area contributed by atoms with Crippen molar-refractivity contribution >= 4 is 22.6 Å². The Bertz CT molecular complexity index is 502. The van der Waals surface area contributed by atoms with Crippen LogP contribution in [0, 0.1) is 0 Å². The number of fused-ring (bicyclic) bond motifs is 1. The maximum Gasteiger partial charge on any atom is 0.224 e. The van der Waals surface area contributed by atoms with E-state index in [0.717, 1.165) is 36.4 Å². The van der Waals surface area contributed by atoms with E-state index in [1.54, 1.807) is 0 Å². The second-order valence-corrected chi connectivity index (χ2v) is 4.50. The van der Waals surface area contributed by atoms with Crippen molar-refractivity contribution in [2.75, 3.05) is 13.1 Å². The lowest BCUT2D eigenvalue weighted by Gasteiger charge is -2.14. The SMILES string of the molecule is Clc1nc(CN2CCCC2)c2cc[nH]c2n1.